The molecule has 12 nitrogen and oxygen atoms in total. The van der Waals surface area contributed by atoms with Crippen LogP contribution in [0.25, 0.3) is 0 Å². The van der Waals surface area contributed by atoms with Crippen LogP contribution in [0.4, 0.5) is 22.7 Å². The van der Waals surface area contributed by atoms with Crippen LogP contribution in [0, 0.1) is 0 Å². The molecule has 0 saturated carbocycles. The molecular weight excluding hydrogens is 614 g/mol. The van der Waals surface area contributed by atoms with Gasteiger partial charge < -0.3 is 19.3 Å². The number of aromatic hydroxyl groups is 2. The second-order valence-corrected chi connectivity index (χ2v) is 11.5. The molecular formula is C24H16N4Na2O8S3. The van der Waals surface area contributed by atoms with Crippen LogP contribution in [0.2, 0.25) is 0 Å². The van der Waals surface area contributed by atoms with E-state index in [1.165, 1.54) is 72.8 Å². The zero-order valence-corrected chi connectivity index (χ0v) is 27.9. The number of rotatable bonds is 8. The summed E-state index contributed by atoms with van der Waals surface area (Å²) < 4.78 is 72.0. The fourth-order valence-electron chi connectivity index (χ4n) is 3.07. The van der Waals surface area contributed by atoms with Crippen molar-refractivity contribution in [2.45, 2.75) is 19.6 Å². The summed E-state index contributed by atoms with van der Waals surface area (Å²) in [4.78, 5) is -1.67. The minimum atomic E-state index is -5.05. The van der Waals surface area contributed by atoms with Gasteiger partial charge in [0.1, 0.15) is 31.7 Å². The van der Waals surface area contributed by atoms with Crippen molar-refractivity contribution in [3.8, 4) is 11.5 Å². The third-order valence-electron chi connectivity index (χ3n) is 4.87. The van der Waals surface area contributed by atoms with Crippen LogP contribution < -0.4 is 59.1 Å². The molecule has 0 radical (unpaired) electrons. The summed E-state index contributed by atoms with van der Waals surface area (Å²) in [5, 5.41) is 34.3. The van der Waals surface area contributed by atoms with Crippen molar-refractivity contribution in [3.05, 3.63) is 84.9 Å². The van der Waals surface area contributed by atoms with Crippen molar-refractivity contribution in [2.75, 3.05) is 0 Å². The minimum absolute atomic E-state index is 0. The Morgan fingerprint density at radius 1 is 0.512 bits per heavy atom. The second kappa shape index (κ2) is 14.8. The monoisotopic (exact) mass is 630 g/mol. The molecule has 17 heteroatoms. The van der Waals surface area contributed by atoms with Crippen molar-refractivity contribution >= 4 is 54.7 Å². The van der Waals surface area contributed by atoms with Gasteiger partial charge in [-0.2, -0.15) is 20.5 Å². The second-order valence-electron chi connectivity index (χ2n) is 7.71. The Hall–Kier alpha value is -2.15. The van der Waals surface area contributed by atoms with Gasteiger partial charge in [-0.1, -0.05) is 11.8 Å². The summed E-state index contributed by atoms with van der Waals surface area (Å²) in [6, 6.07) is 18.5. The van der Waals surface area contributed by atoms with Crippen LogP contribution >= 0.6 is 11.8 Å². The number of azo groups is 2. The van der Waals surface area contributed by atoms with Gasteiger partial charge in [-0.25, -0.2) is 16.8 Å². The molecule has 200 valence electrons. The minimum Gasteiger partial charge on any atom is -0.744 e. The first-order valence-corrected chi connectivity index (χ1v) is 14.3. The van der Waals surface area contributed by atoms with Crippen molar-refractivity contribution in [1.29, 1.82) is 0 Å². The average Bonchev–Trinajstić information content (AvgIpc) is 2.88. The van der Waals surface area contributed by atoms with Gasteiger partial charge >= 0.3 is 59.1 Å². The van der Waals surface area contributed by atoms with Crippen LogP contribution in [-0.4, -0.2) is 36.2 Å². The molecule has 0 aliphatic rings. The summed E-state index contributed by atoms with van der Waals surface area (Å²) in [6.45, 7) is 0. The zero-order valence-electron chi connectivity index (χ0n) is 21.4. The predicted molar refractivity (Wildman–Crippen MR) is 137 cm³/mol. The molecule has 0 bridgehead atoms. The van der Waals surface area contributed by atoms with E-state index in [4.69, 9.17) is 0 Å². The molecule has 0 aliphatic heterocycles. The molecule has 0 saturated heterocycles. The first-order valence-electron chi connectivity index (χ1n) is 10.7. The van der Waals surface area contributed by atoms with Crippen LogP contribution in [0.15, 0.2) is 125 Å². The fourth-order valence-corrected chi connectivity index (χ4v) is 5.91. The molecule has 0 heterocycles. The molecule has 4 aromatic rings. The summed E-state index contributed by atoms with van der Waals surface area (Å²) in [5.41, 5.74) is 0.739. The van der Waals surface area contributed by atoms with E-state index in [0.717, 1.165) is 12.1 Å². The van der Waals surface area contributed by atoms with Gasteiger partial charge in [0.25, 0.3) is 0 Å². The Bertz CT molecular complexity index is 1670. The molecule has 0 aliphatic carbocycles. The Labute approximate surface area is 283 Å². The van der Waals surface area contributed by atoms with Crippen molar-refractivity contribution < 1.29 is 95.3 Å². The summed E-state index contributed by atoms with van der Waals surface area (Å²) >= 11 is 0.586. The normalized spacial score (nSPS) is 11.8. The van der Waals surface area contributed by atoms with E-state index >= 15 is 0 Å². The van der Waals surface area contributed by atoms with Gasteiger partial charge in [-0.3, -0.25) is 0 Å². The van der Waals surface area contributed by atoms with Crippen LogP contribution in [-0.2, 0) is 20.2 Å². The van der Waals surface area contributed by atoms with Crippen molar-refractivity contribution in [2.24, 2.45) is 20.5 Å². The molecule has 2 N–H and O–H groups in total. The Balaban J connectivity index is 0.00000294. The topological polar surface area (TPSA) is 204 Å². The molecule has 0 spiro atoms. The third kappa shape index (κ3) is 9.97. The van der Waals surface area contributed by atoms with Gasteiger partial charge in [0.15, 0.2) is 0 Å². The van der Waals surface area contributed by atoms with Gasteiger partial charge in [0, 0.05) is 9.79 Å². The van der Waals surface area contributed by atoms with Crippen molar-refractivity contribution in [1.82, 2.24) is 0 Å². The number of hydrogen-bond donors (Lipinski definition) is 2. The third-order valence-corrected chi connectivity index (χ3v) is 8.04. The first kappa shape index (κ1) is 35.0. The Morgan fingerprint density at radius 2 is 0.805 bits per heavy atom. The molecule has 4 aromatic carbocycles. The molecule has 41 heavy (non-hydrogen) atoms. The van der Waals surface area contributed by atoms with Crippen molar-refractivity contribution in [3.63, 3.8) is 0 Å². The molecule has 0 fully saturated rings. The molecule has 4 rings (SSSR count). The number of phenolic OH excluding ortho intramolecular Hbond substituents is 2. The summed E-state index contributed by atoms with van der Waals surface area (Å²) in [5.74, 6) is 0.0333. The maximum absolute atomic E-state index is 12.0. The van der Waals surface area contributed by atoms with Crippen LogP contribution in [0.5, 0.6) is 11.5 Å². The predicted octanol–water partition coefficient (Wildman–Crippen LogP) is -0.104. The largest absolute Gasteiger partial charge is 1.00 e. The Kier molecular flexibility index (Phi) is 12.7. The Morgan fingerprint density at radius 3 is 1.12 bits per heavy atom. The number of benzene rings is 4. The molecule has 0 unspecified atom stereocenters. The summed E-state index contributed by atoms with van der Waals surface area (Å²) in [7, 11) is -10.1. The van der Waals surface area contributed by atoms with Crippen LogP contribution in [0.3, 0.4) is 0 Å². The van der Waals surface area contributed by atoms with Gasteiger partial charge in [0.2, 0.25) is 0 Å². The molecule has 0 atom stereocenters. The van der Waals surface area contributed by atoms with Crippen LogP contribution in [0.1, 0.15) is 0 Å². The van der Waals surface area contributed by atoms with E-state index in [-0.39, 0.29) is 91.8 Å². The van der Waals surface area contributed by atoms with E-state index in [0.29, 0.717) is 23.1 Å². The van der Waals surface area contributed by atoms with E-state index in [1.54, 1.807) is 0 Å². The maximum atomic E-state index is 12.0. The van der Waals surface area contributed by atoms with Gasteiger partial charge in [-0.15, -0.1) is 0 Å². The zero-order chi connectivity index (χ0) is 28.2. The molecule has 0 amide bonds. The van der Waals surface area contributed by atoms with E-state index in [1.807, 2.05) is 0 Å². The molecule has 0 aromatic heterocycles. The quantitative estimate of drug-likeness (QED) is 0.151. The first-order chi connectivity index (χ1) is 18.4. The summed E-state index contributed by atoms with van der Waals surface area (Å²) in [6.07, 6.45) is 0. The SMILES string of the molecule is O=S(=O)([O-])c1cc(N=Nc2ccc(O)cc2)ccc1Sc1ccc(N=Nc2ccc(O)cc2)cc1S(=O)(=O)[O-].[Na+].[Na+]. The maximum Gasteiger partial charge on any atom is 1.00 e. The number of hydrogen-bond acceptors (Lipinski definition) is 13. The average molecular weight is 631 g/mol. The standard InChI is InChI=1S/C24H18N4O8S3.2Na/c29-19-7-1-15(2-8-19)25-27-17-5-11-21(23(13-17)38(31,32)33)37-22-12-6-18(14-24(22)39(34,35)36)28-26-16-3-9-20(30)10-4-16;;/h1-14,29-30H,(H,31,32,33)(H,34,35,36);;/q;2*+1/p-2. The number of phenols is 2. The van der Waals surface area contributed by atoms with Gasteiger partial charge in [0.05, 0.1) is 32.5 Å². The van der Waals surface area contributed by atoms with E-state index in [2.05, 4.69) is 20.5 Å². The number of nitrogens with zero attached hydrogens (tertiary/aromatic N) is 4. The van der Waals surface area contributed by atoms with E-state index in [9.17, 15) is 36.2 Å². The smallest absolute Gasteiger partial charge is 0.744 e. The fraction of sp³-hybridized carbons (Fsp3) is 0. The van der Waals surface area contributed by atoms with E-state index < -0.39 is 30.0 Å². The van der Waals surface area contributed by atoms with Gasteiger partial charge in [-0.05, 0) is 84.9 Å².